The maximum Gasteiger partial charge on any atom is 0.314 e. The number of nitrogen functional groups attached to an aromatic ring is 1. The van der Waals surface area contributed by atoms with E-state index < -0.39 is 5.41 Å². The van der Waals surface area contributed by atoms with Gasteiger partial charge in [0.2, 0.25) is 0 Å². The fourth-order valence-corrected chi connectivity index (χ4v) is 1.39. The summed E-state index contributed by atoms with van der Waals surface area (Å²) < 4.78 is 10.2. The smallest absolute Gasteiger partial charge is 0.314 e. The average molecular weight is 258 g/mol. The number of carbonyl (C=O) groups excluding carboxylic acids is 1. The lowest BCUT2D eigenvalue weighted by Gasteiger charge is -2.22. The Morgan fingerprint density at radius 1 is 1.47 bits per heavy atom. The molecule has 2 N–H and O–H groups in total. The quantitative estimate of drug-likeness (QED) is 0.665. The SMILES string of the molecule is COC(=O)C(C)(C)COc1cc(Cl)ccc1N. The molecule has 1 rings (SSSR count). The molecule has 0 bridgehead atoms. The molecule has 4 nitrogen and oxygen atoms in total. The van der Waals surface area contributed by atoms with Crippen molar-refractivity contribution in [3.63, 3.8) is 0 Å². The highest BCUT2D eigenvalue weighted by Crippen LogP contribution is 2.27. The van der Waals surface area contributed by atoms with Crippen molar-refractivity contribution in [3.8, 4) is 5.75 Å². The lowest BCUT2D eigenvalue weighted by atomic mass is 9.95. The van der Waals surface area contributed by atoms with E-state index in [1.165, 1.54) is 7.11 Å². The van der Waals surface area contributed by atoms with Crippen LogP contribution < -0.4 is 10.5 Å². The lowest BCUT2D eigenvalue weighted by Crippen LogP contribution is -2.32. The number of nitrogens with two attached hydrogens (primary N) is 1. The number of hydrogen-bond donors (Lipinski definition) is 1. The molecule has 0 spiro atoms. The zero-order valence-corrected chi connectivity index (χ0v) is 10.9. The highest BCUT2D eigenvalue weighted by molar-refractivity contribution is 6.30. The van der Waals surface area contributed by atoms with Crippen molar-refractivity contribution < 1.29 is 14.3 Å². The molecule has 94 valence electrons. The van der Waals surface area contributed by atoms with Crippen LogP contribution in [0.5, 0.6) is 5.75 Å². The van der Waals surface area contributed by atoms with Gasteiger partial charge >= 0.3 is 5.97 Å². The molecule has 0 heterocycles. The minimum atomic E-state index is -0.733. The van der Waals surface area contributed by atoms with Crippen LogP contribution in [0.4, 0.5) is 5.69 Å². The largest absolute Gasteiger partial charge is 0.490 e. The van der Waals surface area contributed by atoms with Crippen LogP contribution in [0, 0.1) is 5.41 Å². The van der Waals surface area contributed by atoms with Gasteiger partial charge in [-0.05, 0) is 26.0 Å². The zero-order chi connectivity index (χ0) is 13.1. The molecule has 0 atom stereocenters. The van der Waals surface area contributed by atoms with E-state index in [2.05, 4.69) is 4.74 Å². The highest BCUT2D eigenvalue weighted by Gasteiger charge is 2.29. The predicted octanol–water partition coefficient (Wildman–Crippen LogP) is 2.50. The second kappa shape index (κ2) is 5.27. The Labute approximate surface area is 106 Å². The standard InChI is InChI=1S/C12H16ClNO3/c1-12(2,11(15)16-3)7-17-10-6-8(13)4-5-9(10)14/h4-6H,7,14H2,1-3H3. The van der Waals surface area contributed by atoms with Crippen molar-refractivity contribution in [1.29, 1.82) is 0 Å². The second-order valence-corrected chi connectivity index (χ2v) is 4.78. The summed E-state index contributed by atoms with van der Waals surface area (Å²) in [6.07, 6.45) is 0. The number of ether oxygens (including phenoxy) is 2. The van der Waals surface area contributed by atoms with Gasteiger partial charge in [-0.25, -0.2) is 0 Å². The third-order valence-corrected chi connectivity index (χ3v) is 2.54. The molecule has 0 aliphatic heterocycles. The van der Waals surface area contributed by atoms with E-state index in [-0.39, 0.29) is 12.6 Å². The number of rotatable bonds is 4. The van der Waals surface area contributed by atoms with Gasteiger partial charge in [-0.15, -0.1) is 0 Å². The number of hydrogen-bond acceptors (Lipinski definition) is 4. The number of halogens is 1. The number of anilines is 1. The van der Waals surface area contributed by atoms with Crippen LogP contribution >= 0.6 is 11.6 Å². The van der Waals surface area contributed by atoms with Crippen molar-refractivity contribution in [3.05, 3.63) is 23.2 Å². The summed E-state index contributed by atoms with van der Waals surface area (Å²) in [5.41, 5.74) is 5.48. The summed E-state index contributed by atoms with van der Waals surface area (Å²) in [4.78, 5) is 11.4. The molecule has 0 fully saturated rings. The number of benzene rings is 1. The first kappa shape index (κ1) is 13.6. The monoisotopic (exact) mass is 257 g/mol. The number of methoxy groups -OCH3 is 1. The first-order valence-electron chi connectivity index (χ1n) is 5.13. The first-order valence-corrected chi connectivity index (χ1v) is 5.51. The van der Waals surface area contributed by atoms with E-state index in [1.54, 1.807) is 32.0 Å². The van der Waals surface area contributed by atoms with E-state index in [0.717, 1.165) is 0 Å². The maximum absolute atomic E-state index is 11.4. The summed E-state index contributed by atoms with van der Waals surface area (Å²) >= 11 is 5.83. The van der Waals surface area contributed by atoms with Crippen molar-refractivity contribution in [2.45, 2.75) is 13.8 Å². The van der Waals surface area contributed by atoms with E-state index in [1.807, 2.05) is 0 Å². The third-order valence-electron chi connectivity index (χ3n) is 2.30. The van der Waals surface area contributed by atoms with E-state index in [0.29, 0.717) is 16.5 Å². The molecule has 1 aromatic rings. The van der Waals surface area contributed by atoms with Gasteiger partial charge in [0.1, 0.15) is 12.4 Å². The van der Waals surface area contributed by atoms with Gasteiger partial charge in [-0.3, -0.25) is 4.79 Å². The van der Waals surface area contributed by atoms with E-state index in [4.69, 9.17) is 22.1 Å². The molecule has 0 unspecified atom stereocenters. The van der Waals surface area contributed by atoms with Gasteiger partial charge in [0, 0.05) is 11.1 Å². The zero-order valence-electron chi connectivity index (χ0n) is 10.1. The lowest BCUT2D eigenvalue weighted by molar-refractivity contribution is -0.152. The van der Waals surface area contributed by atoms with Crippen LogP contribution in [-0.2, 0) is 9.53 Å². The average Bonchev–Trinajstić information content (AvgIpc) is 2.29. The molecule has 5 heteroatoms. The van der Waals surface area contributed by atoms with Crippen molar-refractivity contribution in [1.82, 2.24) is 0 Å². The van der Waals surface area contributed by atoms with Crippen LogP contribution in [-0.4, -0.2) is 19.7 Å². The Balaban J connectivity index is 2.73. The van der Waals surface area contributed by atoms with Crippen LogP contribution in [0.15, 0.2) is 18.2 Å². The van der Waals surface area contributed by atoms with Gasteiger partial charge in [0.05, 0.1) is 18.2 Å². The van der Waals surface area contributed by atoms with Crippen molar-refractivity contribution in [2.75, 3.05) is 19.5 Å². The molecule has 1 aromatic carbocycles. The van der Waals surface area contributed by atoms with Gasteiger partial charge in [0.25, 0.3) is 0 Å². The van der Waals surface area contributed by atoms with Gasteiger partial charge in [0.15, 0.2) is 0 Å². The summed E-state index contributed by atoms with van der Waals surface area (Å²) in [5, 5.41) is 0.532. The van der Waals surface area contributed by atoms with Crippen LogP contribution in [0.3, 0.4) is 0 Å². The maximum atomic E-state index is 11.4. The van der Waals surface area contributed by atoms with Gasteiger partial charge in [-0.2, -0.15) is 0 Å². The van der Waals surface area contributed by atoms with Crippen LogP contribution in [0.2, 0.25) is 5.02 Å². The molecular formula is C12H16ClNO3. The fourth-order valence-electron chi connectivity index (χ4n) is 1.23. The molecule has 0 saturated carbocycles. The van der Waals surface area contributed by atoms with Crippen LogP contribution in [0.25, 0.3) is 0 Å². The fraction of sp³-hybridized carbons (Fsp3) is 0.417. The van der Waals surface area contributed by atoms with Crippen molar-refractivity contribution >= 4 is 23.3 Å². The summed E-state index contributed by atoms with van der Waals surface area (Å²) in [7, 11) is 1.35. The molecular weight excluding hydrogens is 242 g/mol. The normalized spacial score (nSPS) is 11.1. The Morgan fingerprint density at radius 2 is 2.12 bits per heavy atom. The second-order valence-electron chi connectivity index (χ2n) is 4.35. The molecule has 0 aromatic heterocycles. The summed E-state index contributed by atoms with van der Waals surface area (Å²) in [6, 6.07) is 4.95. The molecule has 17 heavy (non-hydrogen) atoms. The third kappa shape index (κ3) is 3.53. The number of esters is 1. The van der Waals surface area contributed by atoms with Crippen molar-refractivity contribution in [2.24, 2.45) is 5.41 Å². The Hall–Kier alpha value is -1.42. The Morgan fingerprint density at radius 3 is 2.71 bits per heavy atom. The topological polar surface area (TPSA) is 61.5 Å². The minimum Gasteiger partial charge on any atom is -0.490 e. The Bertz CT molecular complexity index is 418. The molecule has 0 amide bonds. The highest BCUT2D eigenvalue weighted by atomic mass is 35.5. The van der Waals surface area contributed by atoms with Gasteiger partial charge < -0.3 is 15.2 Å². The summed E-state index contributed by atoms with van der Waals surface area (Å²) in [5.74, 6) is 0.132. The number of carbonyl (C=O) groups is 1. The van der Waals surface area contributed by atoms with E-state index >= 15 is 0 Å². The summed E-state index contributed by atoms with van der Waals surface area (Å²) in [6.45, 7) is 3.64. The molecule has 0 saturated heterocycles. The van der Waals surface area contributed by atoms with Gasteiger partial charge in [-0.1, -0.05) is 11.6 Å². The predicted molar refractivity (Wildman–Crippen MR) is 67.2 cm³/mol. The first-order chi connectivity index (χ1) is 7.86. The van der Waals surface area contributed by atoms with E-state index in [9.17, 15) is 4.79 Å². The minimum absolute atomic E-state index is 0.171. The van der Waals surface area contributed by atoms with Crippen LogP contribution in [0.1, 0.15) is 13.8 Å². The molecule has 0 aliphatic carbocycles. The Kier molecular flexibility index (Phi) is 4.23. The molecule has 0 aliphatic rings. The molecule has 0 radical (unpaired) electrons.